The fraction of sp³-hybridized carbons (Fsp3) is 0.222. The maximum Gasteiger partial charge on any atom is 0.241 e. The minimum Gasteiger partial charge on any atom is -0.497 e. The number of nitrogens with two attached hydrogens (primary N) is 1. The van der Waals surface area contributed by atoms with Crippen LogP contribution in [0.3, 0.4) is 0 Å². The van der Waals surface area contributed by atoms with Gasteiger partial charge in [-0.25, -0.2) is 4.68 Å². The molecule has 0 aliphatic carbocycles. The second-order valence-corrected chi connectivity index (χ2v) is 6.97. The first kappa shape index (κ1) is 17.0. The van der Waals surface area contributed by atoms with E-state index in [1.54, 1.807) is 17.9 Å². The van der Waals surface area contributed by atoms with E-state index < -0.39 is 0 Å². The molecule has 0 fully saturated rings. The standard InChI is InChI=1S/C18H17Cl2N5O/c1-26-12-5-2-10(3-6-12)15-9-16(13-7-4-11(19)8-14(13)20)25-18(22-15)23-17(21)24-25/h2-8,15-16H,9H2,1H3,(H3,21,22,23,24)/t15-,16+/m0/s1. The van der Waals surface area contributed by atoms with E-state index in [1.165, 1.54) is 0 Å². The number of hydrogen-bond acceptors (Lipinski definition) is 5. The van der Waals surface area contributed by atoms with Gasteiger partial charge in [0.15, 0.2) is 0 Å². The van der Waals surface area contributed by atoms with Crippen LogP contribution >= 0.6 is 23.2 Å². The van der Waals surface area contributed by atoms with Crippen molar-refractivity contribution in [2.45, 2.75) is 18.5 Å². The predicted octanol–water partition coefficient (Wildman–Crippen LogP) is 4.32. The van der Waals surface area contributed by atoms with E-state index in [2.05, 4.69) is 15.4 Å². The SMILES string of the molecule is COc1ccc([C@@H]2C[C@H](c3ccc(Cl)cc3Cl)n3nc(N)nc3N2)cc1. The molecule has 0 unspecified atom stereocenters. The lowest BCUT2D eigenvalue weighted by Crippen LogP contribution is -2.28. The lowest BCUT2D eigenvalue weighted by Gasteiger charge is -2.32. The monoisotopic (exact) mass is 389 g/mol. The van der Waals surface area contributed by atoms with Gasteiger partial charge in [-0.2, -0.15) is 4.98 Å². The van der Waals surface area contributed by atoms with Crippen molar-refractivity contribution in [3.63, 3.8) is 0 Å². The Morgan fingerprint density at radius 3 is 2.65 bits per heavy atom. The van der Waals surface area contributed by atoms with Crippen molar-refractivity contribution in [3.8, 4) is 5.75 Å². The van der Waals surface area contributed by atoms with E-state index in [4.69, 9.17) is 33.7 Å². The minimum absolute atomic E-state index is 0.0359. The summed E-state index contributed by atoms with van der Waals surface area (Å²) in [7, 11) is 1.65. The molecule has 6 nitrogen and oxygen atoms in total. The summed E-state index contributed by atoms with van der Waals surface area (Å²) >= 11 is 12.5. The van der Waals surface area contributed by atoms with Gasteiger partial charge in [0, 0.05) is 10.0 Å². The Morgan fingerprint density at radius 2 is 1.96 bits per heavy atom. The zero-order chi connectivity index (χ0) is 18.3. The van der Waals surface area contributed by atoms with Crippen LogP contribution in [0.15, 0.2) is 42.5 Å². The number of hydrogen-bond donors (Lipinski definition) is 2. The third-order valence-corrected chi connectivity index (χ3v) is 5.11. The summed E-state index contributed by atoms with van der Waals surface area (Å²) in [6.45, 7) is 0. The van der Waals surface area contributed by atoms with E-state index in [-0.39, 0.29) is 18.0 Å². The van der Waals surface area contributed by atoms with Crippen LogP contribution in [0, 0.1) is 0 Å². The van der Waals surface area contributed by atoms with Crippen LogP contribution in [-0.2, 0) is 0 Å². The van der Waals surface area contributed by atoms with Crippen LogP contribution in [0.4, 0.5) is 11.9 Å². The lowest BCUT2D eigenvalue weighted by atomic mass is 9.93. The Labute approximate surface area is 160 Å². The maximum absolute atomic E-state index is 6.46. The Hall–Kier alpha value is -2.44. The zero-order valence-corrected chi connectivity index (χ0v) is 15.5. The van der Waals surface area contributed by atoms with Crippen molar-refractivity contribution in [2.75, 3.05) is 18.2 Å². The molecule has 8 heteroatoms. The van der Waals surface area contributed by atoms with Gasteiger partial charge in [-0.05, 0) is 41.8 Å². The number of halogens is 2. The highest BCUT2D eigenvalue weighted by Crippen LogP contribution is 2.40. The summed E-state index contributed by atoms with van der Waals surface area (Å²) in [6, 6.07) is 13.4. The van der Waals surface area contributed by atoms with Crippen LogP contribution in [0.25, 0.3) is 0 Å². The molecule has 1 aromatic heterocycles. The Morgan fingerprint density at radius 1 is 1.19 bits per heavy atom. The van der Waals surface area contributed by atoms with Crippen molar-refractivity contribution in [1.82, 2.24) is 14.8 Å². The topological polar surface area (TPSA) is 78.0 Å². The molecule has 1 aliphatic heterocycles. The molecule has 26 heavy (non-hydrogen) atoms. The number of rotatable bonds is 3. The number of anilines is 2. The first-order chi connectivity index (χ1) is 12.5. The summed E-state index contributed by atoms with van der Waals surface area (Å²) in [5, 5.41) is 8.93. The van der Waals surface area contributed by atoms with Crippen molar-refractivity contribution in [2.24, 2.45) is 0 Å². The van der Waals surface area contributed by atoms with Crippen molar-refractivity contribution in [3.05, 3.63) is 63.6 Å². The largest absolute Gasteiger partial charge is 0.497 e. The molecule has 4 rings (SSSR count). The molecule has 3 aromatic rings. The summed E-state index contributed by atoms with van der Waals surface area (Å²) in [5.41, 5.74) is 7.88. The van der Waals surface area contributed by atoms with Crippen molar-refractivity contribution in [1.29, 1.82) is 0 Å². The average molecular weight is 390 g/mol. The molecule has 2 aromatic carbocycles. The molecule has 0 bridgehead atoms. The van der Waals surface area contributed by atoms with Gasteiger partial charge >= 0.3 is 0 Å². The Bertz CT molecular complexity index is 941. The maximum atomic E-state index is 6.46. The number of aromatic nitrogens is 3. The first-order valence-electron chi connectivity index (χ1n) is 8.12. The second kappa shape index (κ2) is 6.70. The molecule has 1 aliphatic rings. The summed E-state index contributed by atoms with van der Waals surface area (Å²) < 4.78 is 7.02. The molecule has 0 saturated carbocycles. The zero-order valence-electron chi connectivity index (χ0n) is 14.0. The van der Waals surface area contributed by atoms with Crippen molar-refractivity contribution < 1.29 is 4.74 Å². The van der Waals surface area contributed by atoms with Gasteiger partial charge in [0.1, 0.15) is 5.75 Å². The number of nitrogens with one attached hydrogen (secondary N) is 1. The fourth-order valence-electron chi connectivity index (χ4n) is 3.28. The molecule has 3 N–H and O–H groups in total. The number of nitrogens with zero attached hydrogens (tertiary/aromatic N) is 3. The quantitative estimate of drug-likeness (QED) is 0.697. The number of nitrogen functional groups attached to an aromatic ring is 1. The molecule has 2 heterocycles. The van der Waals surface area contributed by atoms with Gasteiger partial charge in [-0.1, -0.05) is 41.4 Å². The highest BCUT2D eigenvalue weighted by molar-refractivity contribution is 6.35. The number of methoxy groups -OCH3 is 1. The highest BCUT2D eigenvalue weighted by atomic mass is 35.5. The predicted molar refractivity (Wildman–Crippen MR) is 103 cm³/mol. The molecule has 0 saturated heterocycles. The van der Waals surface area contributed by atoms with Gasteiger partial charge in [0.25, 0.3) is 0 Å². The van der Waals surface area contributed by atoms with Crippen LogP contribution in [0.1, 0.15) is 29.6 Å². The van der Waals surface area contributed by atoms with E-state index in [1.807, 2.05) is 36.4 Å². The molecule has 0 amide bonds. The Balaban J connectivity index is 1.75. The normalized spacial score (nSPS) is 18.9. The lowest BCUT2D eigenvalue weighted by molar-refractivity contribution is 0.413. The van der Waals surface area contributed by atoms with Gasteiger partial charge in [0.05, 0.1) is 19.2 Å². The number of ether oxygens (including phenoxy) is 1. The molecule has 2 atom stereocenters. The van der Waals surface area contributed by atoms with Crippen LogP contribution in [0.5, 0.6) is 5.75 Å². The van der Waals surface area contributed by atoms with Gasteiger partial charge in [0.2, 0.25) is 11.9 Å². The van der Waals surface area contributed by atoms with E-state index in [9.17, 15) is 0 Å². The molecular weight excluding hydrogens is 373 g/mol. The number of fused-ring (bicyclic) bond motifs is 1. The van der Waals surface area contributed by atoms with E-state index >= 15 is 0 Å². The van der Waals surface area contributed by atoms with E-state index in [0.717, 1.165) is 23.3 Å². The van der Waals surface area contributed by atoms with Crippen molar-refractivity contribution >= 4 is 35.1 Å². The van der Waals surface area contributed by atoms with Gasteiger partial charge in [-0.3, -0.25) is 0 Å². The fourth-order valence-corrected chi connectivity index (χ4v) is 3.81. The van der Waals surface area contributed by atoms with Crippen LogP contribution in [-0.4, -0.2) is 21.9 Å². The third kappa shape index (κ3) is 3.06. The number of benzene rings is 2. The second-order valence-electron chi connectivity index (χ2n) is 6.13. The molecule has 134 valence electrons. The average Bonchev–Trinajstić information content (AvgIpc) is 3.01. The van der Waals surface area contributed by atoms with E-state index in [0.29, 0.717) is 16.0 Å². The highest BCUT2D eigenvalue weighted by Gasteiger charge is 2.32. The van der Waals surface area contributed by atoms with Crippen LogP contribution < -0.4 is 15.8 Å². The molecule has 0 spiro atoms. The van der Waals surface area contributed by atoms with Gasteiger partial charge in [-0.15, -0.1) is 5.10 Å². The Kier molecular flexibility index (Phi) is 4.38. The molecular formula is C18H17Cl2N5O. The van der Waals surface area contributed by atoms with Gasteiger partial charge < -0.3 is 15.8 Å². The summed E-state index contributed by atoms with van der Waals surface area (Å²) in [4.78, 5) is 4.31. The van der Waals surface area contributed by atoms with Crippen LogP contribution in [0.2, 0.25) is 10.0 Å². The smallest absolute Gasteiger partial charge is 0.241 e. The first-order valence-corrected chi connectivity index (χ1v) is 8.88. The summed E-state index contributed by atoms with van der Waals surface area (Å²) in [5.74, 6) is 1.65. The summed E-state index contributed by atoms with van der Waals surface area (Å²) in [6.07, 6.45) is 0.740. The molecule has 0 radical (unpaired) electrons. The third-order valence-electron chi connectivity index (χ3n) is 4.54. The minimum atomic E-state index is -0.104.